The largest absolute Gasteiger partial charge is 0.347 e. The van der Waals surface area contributed by atoms with E-state index >= 15 is 0 Å². The van der Waals surface area contributed by atoms with Gasteiger partial charge in [-0.15, -0.1) is 11.3 Å². The van der Waals surface area contributed by atoms with Crippen LogP contribution in [0.5, 0.6) is 0 Å². The van der Waals surface area contributed by atoms with Gasteiger partial charge in [-0.3, -0.25) is 25.0 Å². The van der Waals surface area contributed by atoms with Crippen LogP contribution in [0.1, 0.15) is 15.2 Å². The lowest BCUT2D eigenvalue weighted by atomic mass is 10.1. The molecule has 25 heavy (non-hydrogen) atoms. The maximum Gasteiger partial charge on any atom is 0.347 e. The van der Waals surface area contributed by atoms with Gasteiger partial charge >= 0.3 is 11.4 Å². The maximum atomic E-state index is 12.5. The molecule has 0 saturated carbocycles. The Morgan fingerprint density at radius 2 is 1.68 bits per heavy atom. The van der Waals surface area contributed by atoms with Gasteiger partial charge in [0.1, 0.15) is 17.7 Å². The molecule has 3 rings (SSSR count). The van der Waals surface area contributed by atoms with Crippen LogP contribution in [0.25, 0.3) is 15.7 Å². The minimum absolute atomic E-state index is 0.0535. The Morgan fingerprint density at radius 1 is 1.12 bits per heavy atom. The summed E-state index contributed by atoms with van der Waals surface area (Å²) >= 11 is 0.944. The van der Waals surface area contributed by atoms with E-state index in [2.05, 4.69) is 6.58 Å². The molecule has 0 radical (unpaired) electrons. The molecule has 0 aliphatic heterocycles. The topological polar surface area (TPSA) is 151 Å². The Kier molecular flexibility index (Phi) is 3.41. The van der Waals surface area contributed by atoms with Gasteiger partial charge in [-0.1, -0.05) is 6.58 Å². The second-order valence-corrected chi connectivity index (χ2v) is 5.99. The molecule has 0 bridgehead atoms. The van der Waals surface area contributed by atoms with E-state index in [1.807, 2.05) is 0 Å². The van der Waals surface area contributed by atoms with E-state index in [-0.39, 0.29) is 37.2 Å². The summed E-state index contributed by atoms with van der Waals surface area (Å²) in [6, 6.07) is 5.35. The summed E-state index contributed by atoms with van der Waals surface area (Å²) in [7, 11) is 0. The first kappa shape index (κ1) is 16.0. The van der Waals surface area contributed by atoms with Gasteiger partial charge in [0.25, 0.3) is 0 Å². The lowest BCUT2D eigenvalue weighted by Crippen LogP contribution is -1.98. The van der Waals surface area contributed by atoms with E-state index in [1.165, 1.54) is 0 Å². The smallest absolute Gasteiger partial charge is 0.289 e. The quantitative estimate of drug-likeness (QED) is 0.348. The van der Waals surface area contributed by atoms with Crippen LogP contribution in [0.4, 0.5) is 11.4 Å². The standard InChI is InChI=1S/C15H4N4O5S/c1-6-12(7(4-16)5-17)15-13(14(6)20)8-2-9(18(21)22)10(19(23)24)3-11(8)25-15/h2-3H,1H2. The van der Waals surface area contributed by atoms with Gasteiger partial charge in [0.2, 0.25) is 0 Å². The van der Waals surface area contributed by atoms with Gasteiger partial charge in [-0.05, 0) is 0 Å². The number of carbonyl (C=O) groups is 1. The number of allylic oxidation sites excluding steroid dienone is 3. The average Bonchev–Trinajstić information content (AvgIpc) is 3.04. The molecule has 1 aliphatic rings. The van der Waals surface area contributed by atoms with Crippen LogP contribution >= 0.6 is 11.3 Å². The number of rotatable bonds is 2. The first-order chi connectivity index (χ1) is 11.8. The molecule has 120 valence electrons. The molecule has 0 N–H and O–H groups in total. The number of fused-ring (bicyclic) bond motifs is 3. The molecule has 0 amide bonds. The zero-order chi connectivity index (χ0) is 18.5. The van der Waals surface area contributed by atoms with Gasteiger partial charge in [0.15, 0.2) is 5.78 Å². The molecule has 9 nitrogen and oxygen atoms in total. The second-order valence-electron chi connectivity index (χ2n) is 4.94. The fourth-order valence-electron chi connectivity index (χ4n) is 2.62. The number of hydrogen-bond acceptors (Lipinski definition) is 8. The van der Waals surface area contributed by atoms with E-state index in [0.717, 1.165) is 23.5 Å². The Labute approximate surface area is 142 Å². The summed E-state index contributed by atoms with van der Waals surface area (Å²) in [5.41, 5.74) is -1.67. The number of Topliss-reactive ketones (excluding diaryl/α,β-unsaturated/α-hetero) is 1. The molecule has 0 fully saturated rings. The molecule has 0 atom stereocenters. The average molecular weight is 352 g/mol. The van der Waals surface area contributed by atoms with Crippen LogP contribution in [0.2, 0.25) is 0 Å². The van der Waals surface area contributed by atoms with E-state index < -0.39 is 27.0 Å². The summed E-state index contributed by atoms with van der Waals surface area (Å²) in [6.45, 7) is 3.59. The third-order valence-electron chi connectivity index (χ3n) is 3.68. The Balaban J connectivity index is 2.46. The van der Waals surface area contributed by atoms with Crippen LogP contribution in [0.15, 0.2) is 29.9 Å². The molecule has 0 spiro atoms. The van der Waals surface area contributed by atoms with Crippen molar-refractivity contribution in [3.05, 3.63) is 60.5 Å². The number of ketones is 1. The number of hydrogen-bond donors (Lipinski definition) is 0. The molecule has 0 unspecified atom stereocenters. The molecule has 1 aliphatic carbocycles. The number of nitriles is 2. The zero-order valence-electron chi connectivity index (χ0n) is 12.1. The number of carbonyl (C=O) groups excluding carboxylic acids is 1. The molecular weight excluding hydrogens is 348 g/mol. The number of benzene rings is 1. The third kappa shape index (κ3) is 2.09. The summed E-state index contributed by atoms with van der Waals surface area (Å²) < 4.78 is 0.274. The minimum atomic E-state index is -0.900. The molecule has 1 aromatic carbocycles. The first-order valence-electron chi connectivity index (χ1n) is 6.50. The van der Waals surface area contributed by atoms with Crippen molar-refractivity contribution >= 4 is 44.2 Å². The number of nitro groups is 2. The SMILES string of the molecule is C=C1C(=O)c2c(sc3cc([N+](=O)[O-])c([N+](=O)[O-])cc23)C1=C(C#N)C#N. The normalized spacial score (nSPS) is 12.6. The van der Waals surface area contributed by atoms with Crippen LogP contribution in [-0.2, 0) is 0 Å². The van der Waals surface area contributed by atoms with Crippen LogP contribution in [0, 0.1) is 42.9 Å². The summed E-state index contributed by atoms with van der Waals surface area (Å²) in [5.74, 6) is -0.567. The highest BCUT2D eigenvalue weighted by molar-refractivity contribution is 7.21. The fourth-order valence-corrected chi connectivity index (χ4v) is 3.91. The number of nitrogens with zero attached hydrogens (tertiary/aromatic N) is 4. The van der Waals surface area contributed by atoms with Crippen LogP contribution in [0.3, 0.4) is 0 Å². The minimum Gasteiger partial charge on any atom is -0.289 e. The number of thiophene rings is 1. The van der Waals surface area contributed by atoms with Crippen molar-refractivity contribution in [1.82, 2.24) is 0 Å². The summed E-state index contributed by atoms with van der Waals surface area (Å²) in [4.78, 5) is 33.1. The third-order valence-corrected chi connectivity index (χ3v) is 4.85. The fraction of sp³-hybridized carbons (Fsp3) is 0. The number of nitro benzene ring substituents is 2. The highest BCUT2D eigenvalue weighted by Crippen LogP contribution is 2.48. The van der Waals surface area contributed by atoms with Crippen molar-refractivity contribution in [2.24, 2.45) is 0 Å². The molecular formula is C15H4N4O5S. The first-order valence-corrected chi connectivity index (χ1v) is 7.31. The van der Waals surface area contributed by atoms with Crippen molar-refractivity contribution in [3.8, 4) is 12.1 Å². The summed E-state index contributed by atoms with van der Waals surface area (Å²) in [6.07, 6.45) is 0. The van der Waals surface area contributed by atoms with Gasteiger partial charge in [-0.2, -0.15) is 10.5 Å². The van der Waals surface area contributed by atoms with Crippen LogP contribution in [-0.4, -0.2) is 15.6 Å². The van der Waals surface area contributed by atoms with Crippen molar-refractivity contribution < 1.29 is 14.6 Å². The zero-order valence-corrected chi connectivity index (χ0v) is 12.9. The molecule has 0 saturated heterocycles. The Hall–Kier alpha value is -3.89. The van der Waals surface area contributed by atoms with Gasteiger partial charge in [0.05, 0.1) is 9.85 Å². The van der Waals surface area contributed by atoms with Crippen molar-refractivity contribution in [2.45, 2.75) is 0 Å². The molecule has 1 aromatic heterocycles. The predicted octanol–water partition coefficient (Wildman–Crippen LogP) is 3.27. The highest BCUT2D eigenvalue weighted by atomic mass is 32.1. The Bertz CT molecular complexity index is 1140. The Morgan fingerprint density at radius 3 is 2.20 bits per heavy atom. The highest BCUT2D eigenvalue weighted by Gasteiger charge is 2.37. The maximum absolute atomic E-state index is 12.5. The van der Waals surface area contributed by atoms with E-state index in [0.29, 0.717) is 0 Å². The van der Waals surface area contributed by atoms with Gasteiger partial charge in [-0.25, -0.2) is 0 Å². The van der Waals surface area contributed by atoms with Gasteiger partial charge < -0.3 is 0 Å². The molecule has 10 heteroatoms. The van der Waals surface area contributed by atoms with E-state index in [1.54, 1.807) is 12.1 Å². The molecule has 1 heterocycles. The predicted molar refractivity (Wildman–Crippen MR) is 86.8 cm³/mol. The van der Waals surface area contributed by atoms with E-state index in [9.17, 15) is 25.0 Å². The lowest BCUT2D eigenvalue weighted by Gasteiger charge is -1.99. The van der Waals surface area contributed by atoms with Gasteiger partial charge in [0, 0.05) is 43.8 Å². The monoisotopic (exact) mass is 352 g/mol. The summed E-state index contributed by atoms with van der Waals surface area (Å²) in [5, 5.41) is 40.5. The molecule has 2 aromatic rings. The van der Waals surface area contributed by atoms with E-state index in [4.69, 9.17) is 10.5 Å². The lowest BCUT2D eigenvalue weighted by molar-refractivity contribution is -0.422. The van der Waals surface area contributed by atoms with Crippen LogP contribution < -0.4 is 0 Å². The van der Waals surface area contributed by atoms with Crippen molar-refractivity contribution in [2.75, 3.05) is 0 Å². The second kappa shape index (κ2) is 5.33. The van der Waals surface area contributed by atoms with Crippen molar-refractivity contribution in [1.29, 1.82) is 10.5 Å². The van der Waals surface area contributed by atoms with Crippen molar-refractivity contribution in [3.63, 3.8) is 0 Å².